The van der Waals surface area contributed by atoms with Crippen molar-refractivity contribution in [2.45, 2.75) is 33.4 Å². The molecule has 0 fully saturated rings. The molecular formula is C21H22ClF3N4O. The lowest BCUT2D eigenvalue weighted by Crippen LogP contribution is -2.21. The highest BCUT2D eigenvalue weighted by Gasteiger charge is 2.33. The number of benzene rings is 1. The van der Waals surface area contributed by atoms with Crippen LogP contribution in [0.5, 0.6) is 0 Å². The number of pyridine rings is 1. The fraction of sp³-hybridized carbons (Fsp3) is 0.333. The number of carbonyl (C=O) groups excluding carboxylic acids is 1. The number of amides is 1. The first-order chi connectivity index (χ1) is 14.2. The second-order valence-corrected chi connectivity index (χ2v) is 7.11. The predicted molar refractivity (Wildman–Crippen MR) is 113 cm³/mol. The number of halogens is 4. The first kappa shape index (κ1) is 22.0. The highest BCUT2D eigenvalue weighted by atomic mass is 35.5. The molecule has 160 valence electrons. The van der Waals surface area contributed by atoms with Gasteiger partial charge in [0.2, 0.25) is 0 Å². The molecule has 0 unspecified atom stereocenters. The summed E-state index contributed by atoms with van der Waals surface area (Å²) in [6.07, 6.45) is -3.38. The van der Waals surface area contributed by atoms with Gasteiger partial charge in [-0.15, -0.1) is 0 Å². The molecule has 2 heterocycles. The Kier molecular flexibility index (Phi) is 6.26. The highest BCUT2D eigenvalue weighted by Crippen LogP contribution is 2.33. The minimum atomic E-state index is -4.59. The Labute approximate surface area is 177 Å². The average Bonchev–Trinajstić information content (AvgIpc) is 3.09. The van der Waals surface area contributed by atoms with Gasteiger partial charge in [-0.05, 0) is 50.6 Å². The lowest BCUT2D eigenvalue weighted by Gasteiger charge is -2.21. The van der Waals surface area contributed by atoms with Gasteiger partial charge in [0.05, 0.1) is 16.3 Å². The number of aryl methyl sites for hydroxylation is 1. The van der Waals surface area contributed by atoms with E-state index in [0.29, 0.717) is 17.8 Å². The zero-order valence-corrected chi connectivity index (χ0v) is 17.6. The molecule has 2 aromatic heterocycles. The Morgan fingerprint density at radius 1 is 1.17 bits per heavy atom. The number of anilines is 2. The Morgan fingerprint density at radius 2 is 1.80 bits per heavy atom. The Balaban J connectivity index is 1.99. The van der Waals surface area contributed by atoms with Gasteiger partial charge in [-0.2, -0.15) is 13.2 Å². The van der Waals surface area contributed by atoms with Crippen molar-refractivity contribution in [2.75, 3.05) is 23.3 Å². The van der Waals surface area contributed by atoms with Crippen molar-refractivity contribution in [2.24, 2.45) is 0 Å². The second-order valence-electron chi connectivity index (χ2n) is 6.70. The van der Waals surface area contributed by atoms with E-state index in [-0.39, 0.29) is 16.4 Å². The van der Waals surface area contributed by atoms with Gasteiger partial charge in [0.25, 0.3) is 5.91 Å². The van der Waals surface area contributed by atoms with Crippen molar-refractivity contribution in [3.63, 3.8) is 0 Å². The summed E-state index contributed by atoms with van der Waals surface area (Å²) < 4.78 is 40.8. The number of rotatable bonds is 6. The SMILES string of the molecule is CCc1nc2c(Cl)cc(C(F)(F)F)cn2c1C(=O)Nc1ccc(N(CC)CC)cc1. The molecule has 0 atom stereocenters. The largest absolute Gasteiger partial charge is 0.417 e. The first-order valence-electron chi connectivity index (χ1n) is 9.63. The fourth-order valence-corrected chi connectivity index (χ4v) is 3.58. The van der Waals surface area contributed by atoms with E-state index in [1.54, 1.807) is 19.1 Å². The van der Waals surface area contributed by atoms with Crippen LogP contribution in [0.15, 0.2) is 36.5 Å². The molecule has 0 aliphatic rings. The highest BCUT2D eigenvalue weighted by molar-refractivity contribution is 6.33. The van der Waals surface area contributed by atoms with Crippen LogP contribution >= 0.6 is 11.6 Å². The van der Waals surface area contributed by atoms with Crippen LogP contribution < -0.4 is 10.2 Å². The van der Waals surface area contributed by atoms with Gasteiger partial charge in [0.15, 0.2) is 5.65 Å². The number of carbonyl (C=O) groups is 1. The van der Waals surface area contributed by atoms with Gasteiger partial charge in [-0.3, -0.25) is 9.20 Å². The smallest absolute Gasteiger partial charge is 0.372 e. The van der Waals surface area contributed by atoms with Crippen LogP contribution in [0.1, 0.15) is 42.5 Å². The van der Waals surface area contributed by atoms with E-state index in [0.717, 1.165) is 35.4 Å². The number of imidazole rings is 1. The van der Waals surface area contributed by atoms with Crippen LogP contribution in [0.4, 0.5) is 24.5 Å². The summed E-state index contributed by atoms with van der Waals surface area (Å²) >= 11 is 6.03. The number of nitrogens with zero attached hydrogens (tertiary/aromatic N) is 3. The summed E-state index contributed by atoms with van der Waals surface area (Å²) in [6.45, 7) is 7.58. The number of alkyl halides is 3. The maximum Gasteiger partial charge on any atom is 0.417 e. The van der Waals surface area contributed by atoms with Gasteiger partial charge >= 0.3 is 6.18 Å². The van der Waals surface area contributed by atoms with Gasteiger partial charge in [0.1, 0.15) is 5.69 Å². The van der Waals surface area contributed by atoms with E-state index >= 15 is 0 Å². The topological polar surface area (TPSA) is 49.6 Å². The molecule has 30 heavy (non-hydrogen) atoms. The summed E-state index contributed by atoms with van der Waals surface area (Å²) in [5.74, 6) is -0.551. The van der Waals surface area contributed by atoms with Gasteiger partial charge in [0, 0.05) is 30.7 Å². The summed E-state index contributed by atoms with van der Waals surface area (Å²) in [6, 6.07) is 8.10. The van der Waals surface area contributed by atoms with Crippen LogP contribution in [0, 0.1) is 0 Å². The molecule has 1 aromatic carbocycles. The number of nitrogens with one attached hydrogen (secondary N) is 1. The van der Waals surface area contributed by atoms with Crippen molar-refractivity contribution < 1.29 is 18.0 Å². The third-order valence-electron chi connectivity index (χ3n) is 4.88. The van der Waals surface area contributed by atoms with E-state index in [4.69, 9.17) is 11.6 Å². The van der Waals surface area contributed by atoms with Crippen LogP contribution in [0.2, 0.25) is 5.02 Å². The minimum Gasteiger partial charge on any atom is -0.372 e. The van der Waals surface area contributed by atoms with Crippen molar-refractivity contribution >= 4 is 34.5 Å². The number of hydrogen-bond acceptors (Lipinski definition) is 3. The van der Waals surface area contributed by atoms with Gasteiger partial charge < -0.3 is 10.2 Å². The standard InChI is InChI=1S/C21H22ClF3N4O/c1-4-17-18(29-12-13(21(23,24)25)11-16(22)19(29)27-17)20(30)26-14-7-9-15(10-8-14)28(5-2)6-3/h7-12H,4-6H2,1-3H3,(H,26,30). The lowest BCUT2D eigenvalue weighted by atomic mass is 10.2. The molecule has 3 aromatic rings. The summed E-state index contributed by atoms with van der Waals surface area (Å²) in [5.41, 5.74) is 1.12. The van der Waals surface area contributed by atoms with Crippen LogP contribution in [-0.4, -0.2) is 28.4 Å². The molecule has 9 heteroatoms. The third-order valence-corrected chi connectivity index (χ3v) is 5.16. The molecule has 0 radical (unpaired) electrons. The van der Waals surface area contributed by atoms with Gasteiger partial charge in [-0.25, -0.2) is 4.98 Å². The summed E-state index contributed by atoms with van der Waals surface area (Å²) in [7, 11) is 0. The van der Waals surface area contributed by atoms with E-state index in [1.165, 1.54) is 0 Å². The van der Waals surface area contributed by atoms with E-state index < -0.39 is 17.6 Å². The predicted octanol–water partition coefficient (Wildman–Crippen LogP) is 5.67. The molecule has 0 bridgehead atoms. The van der Waals surface area contributed by atoms with E-state index in [2.05, 4.69) is 29.0 Å². The zero-order chi connectivity index (χ0) is 22.1. The van der Waals surface area contributed by atoms with Crippen LogP contribution in [0.3, 0.4) is 0 Å². The molecule has 3 rings (SSSR count). The molecule has 1 N–H and O–H groups in total. The van der Waals surface area contributed by atoms with Crippen molar-refractivity contribution in [3.05, 3.63) is 58.5 Å². The lowest BCUT2D eigenvalue weighted by molar-refractivity contribution is -0.137. The van der Waals surface area contributed by atoms with Crippen LogP contribution in [0.25, 0.3) is 5.65 Å². The number of hydrogen-bond donors (Lipinski definition) is 1. The van der Waals surface area contributed by atoms with Crippen molar-refractivity contribution in [1.82, 2.24) is 9.38 Å². The maximum atomic E-state index is 13.2. The number of fused-ring (bicyclic) bond motifs is 1. The fourth-order valence-electron chi connectivity index (χ4n) is 3.33. The second kappa shape index (κ2) is 8.55. The molecule has 1 amide bonds. The molecule has 0 saturated heterocycles. The molecule has 0 aliphatic heterocycles. The molecule has 0 saturated carbocycles. The summed E-state index contributed by atoms with van der Waals surface area (Å²) in [4.78, 5) is 19.4. The monoisotopic (exact) mass is 438 g/mol. The van der Waals surface area contributed by atoms with E-state index in [9.17, 15) is 18.0 Å². The Hall–Kier alpha value is -2.74. The average molecular weight is 439 g/mol. The Morgan fingerprint density at radius 3 is 2.33 bits per heavy atom. The van der Waals surface area contributed by atoms with Crippen LogP contribution in [-0.2, 0) is 12.6 Å². The van der Waals surface area contributed by atoms with Crippen molar-refractivity contribution in [1.29, 1.82) is 0 Å². The molecule has 5 nitrogen and oxygen atoms in total. The van der Waals surface area contributed by atoms with Gasteiger partial charge in [-0.1, -0.05) is 18.5 Å². The maximum absolute atomic E-state index is 13.2. The normalized spacial score (nSPS) is 11.7. The molecule has 0 spiro atoms. The number of aromatic nitrogens is 2. The summed E-state index contributed by atoms with van der Waals surface area (Å²) in [5, 5.41) is 2.58. The first-order valence-corrected chi connectivity index (χ1v) is 10.0. The third kappa shape index (κ3) is 4.23. The molecular weight excluding hydrogens is 417 g/mol. The van der Waals surface area contributed by atoms with E-state index in [1.807, 2.05) is 12.1 Å². The zero-order valence-electron chi connectivity index (χ0n) is 16.8. The molecule has 0 aliphatic carbocycles. The minimum absolute atomic E-state index is 0.0355. The van der Waals surface area contributed by atoms with Crippen molar-refractivity contribution in [3.8, 4) is 0 Å². The quantitative estimate of drug-likeness (QED) is 0.539. The Bertz CT molecular complexity index is 1060.